The molecule has 0 atom stereocenters. The van der Waals surface area contributed by atoms with E-state index < -0.39 is 0 Å². The van der Waals surface area contributed by atoms with Crippen LogP contribution in [-0.2, 0) is 9.59 Å². The molecule has 8 nitrogen and oxygen atoms in total. The van der Waals surface area contributed by atoms with Gasteiger partial charge in [-0.05, 0) is 42.8 Å². The van der Waals surface area contributed by atoms with Crippen LogP contribution in [0, 0.1) is 6.92 Å². The van der Waals surface area contributed by atoms with Crippen LogP contribution in [0.3, 0.4) is 0 Å². The maximum Gasteiger partial charge on any atom is 0.270 e. The van der Waals surface area contributed by atoms with Crippen LogP contribution >= 0.6 is 0 Å². The number of rotatable bonds is 6. The Labute approximate surface area is 188 Å². The van der Waals surface area contributed by atoms with E-state index in [1.807, 2.05) is 60.4 Å². The first-order valence-corrected chi connectivity index (χ1v) is 10.8. The molecule has 168 valence electrons. The Morgan fingerprint density at radius 2 is 1.66 bits per heavy atom. The molecule has 0 N–H and O–H groups in total. The summed E-state index contributed by atoms with van der Waals surface area (Å²) in [5.74, 6) is 1.39. The van der Waals surface area contributed by atoms with E-state index in [1.165, 1.54) is 5.01 Å². The number of ether oxygens (including phenoxy) is 2. The van der Waals surface area contributed by atoms with Crippen LogP contribution in [0.1, 0.15) is 18.4 Å². The topological polar surface area (TPSA) is 74.7 Å². The van der Waals surface area contributed by atoms with Crippen LogP contribution in [0.5, 0.6) is 11.5 Å². The molecule has 2 aromatic carbocycles. The van der Waals surface area contributed by atoms with Crippen molar-refractivity contribution in [1.82, 2.24) is 9.80 Å². The second-order valence-electron chi connectivity index (χ2n) is 7.90. The summed E-state index contributed by atoms with van der Waals surface area (Å²) < 4.78 is 11.0. The Morgan fingerprint density at radius 1 is 0.969 bits per heavy atom. The zero-order valence-corrected chi connectivity index (χ0v) is 18.5. The fourth-order valence-electron chi connectivity index (χ4n) is 3.80. The minimum absolute atomic E-state index is 0.0867. The first-order chi connectivity index (χ1) is 15.5. The lowest BCUT2D eigenvalue weighted by Gasteiger charge is -2.35. The third-order valence-electron chi connectivity index (χ3n) is 5.76. The number of amides is 2. The lowest BCUT2D eigenvalue weighted by molar-refractivity contribution is -0.126. The van der Waals surface area contributed by atoms with Gasteiger partial charge in [0.05, 0.1) is 12.8 Å². The van der Waals surface area contributed by atoms with E-state index >= 15 is 0 Å². The number of carbonyl (C=O) groups is 2. The molecule has 2 heterocycles. The van der Waals surface area contributed by atoms with E-state index in [0.717, 1.165) is 35.8 Å². The maximum absolute atomic E-state index is 13.1. The van der Waals surface area contributed by atoms with Gasteiger partial charge in [-0.15, -0.1) is 0 Å². The molecule has 0 saturated carbocycles. The molecule has 0 spiro atoms. The second-order valence-corrected chi connectivity index (χ2v) is 7.90. The Bertz CT molecular complexity index is 997. The van der Waals surface area contributed by atoms with Gasteiger partial charge in [-0.1, -0.05) is 18.2 Å². The number of hydrogen-bond acceptors (Lipinski definition) is 6. The number of piperazine rings is 1. The Kier molecular flexibility index (Phi) is 6.70. The summed E-state index contributed by atoms with van der Waals surface area (Å²) in [5.41, 5.74) is 2.11. The van der Waals surface area contributed by atoms with Crippen LogP contribution in [0.2, 0.25) is 0 Å². The molecular formula is C24H28N4O4. The predicted octanol–water partition coefficient (Wildman–Crippen LogP) is 2.67. The summed E-state index contributed by atoms with van der Waals surface area (Å²) in [6.07, 6.45) is 0.662. The van der Waals surface area contributed by atoms with Crippen LogP contribution in [-0.4, -0.2) is 67.3 Å². The van der Waals surface area contributed by atoms with Crippen molar-refractivity contribution in [2.24, 2.45) is 5.10 Å². The van der Waals surface area contributed by atoms with Crippen LogP contribution in [0.15, 0.2) is 53.6 Å². The molecule has 8 heteroatoms. The number of para-hydroxylation sites is 1. The van der Waals surface area contributed by atoms with Gasteiger partial charge >= 0.3 is 0 Å². The third kappa shape index (κ3) is 4.91. The van der Waals surface area contributed by atoms with E-state index in [-0.39, 0.29) is 18.2 Å². The Hall–Kier alpha value is -3.39. The Balaban J connectivity index is 1.33. The van der Waals surface area contributed by atoms with E-state index in [0.29, 0.717) is 32.0 Å². The number of aryl methyl sites for hydroxylation is 1. The molecule has 0 aliphatic carbocycles. The number of hydrazone groups is 1. The van der Waals surface area contributed by atoms with E-state index in [9.17, 15) is 9.59 Å². The molecular weight excluding hydrogens is 408 g/mol. The first-order valence-electron chi connectivity index (χ1n) is 10.8. The zero-order valence-electron chi connectivity index (χ0n) is 18.5. The highest BCUT2D eigenvalue weighted by atomic mass is 16.5. The fraction of sp³-hybridized carbons (Fsp3) is 0.375. The lowest BCUT2D eigenvalue weighted by Crippen LogP contribution is -2.52. The molecule has 2 amide bonds. The molecule has 0 aromatic heterocycles. The third-order valence-corrected chi connectivity index (χ3v) is 5.76. The van der Waals surface area contributed by atoms with Crippen molar-refractivity contribution in [3.8, 4) is 11.5 Å². The highest BCUT2D eigenvalue weighted by molar-refractivity contribution is 6.40. The molecule has 1 saturated heterocycles. The quantitative estimate of drug-likeness (QED) is 0.696. The van der Waals surface area contributed by atoms with Crippen molar-refractivity contribution in [1.29, 1.82) is 0 Å². The van der Waals surface area contributed by atoms with Crippen molar-refractivity contribution in [3.05, 3.63) is 54.1 Å². The van der Waals surface area contributed by atoms with Crippen LogP contribution in [0.25, 0.3) is 0 Å². The van der Waals surface area contributed by atoms with Gasteiger partial charge in [-0.25, -0.2) is 5.01 Å². The number of hydrogen-bond donors (Lipinski definition) is 0. The average Bonchev–Trinajstić information content (AvgIpc) is 2.84. The number of nitrogens with zero attached hydrogens (tertiary/aromatic N) is 4. The zero-order chi connectivity index (χ0) is 22.5. The van der Waals surface area contributed by atoms with Gasteiger partial charge in [0.25, 0.3) is 5.91 Å². The summed E-state index contributed by atoms with van der Waals surface area (Å²) >= 11 is 0. The standard InChI is InChI=1S/C24H28N4O4/c1-18-5-3-4-6-22(18)28-23(29)12-11-21(25-28)24(30)27-15-13-26(14-16-27)17-32-20-9-7-19(31-2)8-10-20/h3-10H,11-17H2,1-2H3. The van der Waals surface area contributed by atoms with Crippen molar-refractivity contribution >= 4 is 23.2 Å². The van der Waals surface area contributed by atoms with Gasteiger partial charge in [0.1, 0.15) is 23.9 Å². The minimum Gasteiger partial charge on any atom is -0.497 e. The fourth-order valence-corrected chi connectivity index (χ4v) is 3.80. The normalized spacial score (nSPS) is 17.2. The largest absolute Gasteiger partial charge is 0.497 e. The van der Waals surface area contributed by atoms with Gasteiger partial charge in [-0.2, -0.15) is 5.10 Å². The average molecular weight is 437 g/mol. The summed E-state index contributed by atoms with van der Waals surface area (Å²) in [6.45, 7) is 5.03. The van der Waals surface area contributed by atoms with Crippen molar-refractivity contribution in [2.45, 2.75) is 19.8 Å². The summed E-state index contributed by atoms with van der Waals surface area (Å²) in [4.78, 5) is 29.5. The molecule has 0 radical (unpaired) electrons. The van der Waals surface area contributed by atoms with Gasteiger partial charge in [0, 0.05) is 39.0 Å². The lowest BCUT2D eigenvalue weighted by atomic mass is 10.1. The molecule has 2 aromatic rings. The van der Waals surface area contributed by atoms with Crippen molar-refractivity contribution < 1.29 is 19.1 Å². The Morgan fingerprint density at radius 3 is 2.34 bits per heavy atom. The van der Waals surface area contributed by atoms with Crippen LogP contribution < -0.4 is 14.5 Å². The molecule has 32 heavy (non-hydrogen) atoms. The van der Waals surface area contributed by atoms with Crippen molar-refractivity contribution in [2.75, 3.05) is 45.0 Å². The highest BCUT2D eigenvalue weighted by Crippen LogP contribution is 2.24. The van der Waals surface area contributed by atoms with Gasteiger partial charge in [-0.3, -0.25) is 14.5 Å². The van der Waals surface area contributed by atoms with Gasteiger partial charge in [0.15, 0.2) is 0 Å². The van der Waals surface area contributed by atoms with E-state index in [1.54, 1.807) is 7.11 Å². The van der Waals surface area contributed by atoms with Gasteiger partial charge < -0.3 is 14.4 Å². The molecule has 2 aliphatic rings. The number of anilines is 1. The van der Waals surface area contributed by atoms with E-state index in [2.05, 4.69) is 10.0 Å². The highest BCUT2D eigenvalue weighted by Gasteiger charge is 2.30. The SMILES string of the molecule is COc1ccc(OCN2CCN(C(=O)C3=NN(c4ccccc4C)C(=O)CC3)CC2)cc1. The van der Waals surface area contributed by atoms with Crippen molar-refractivity contribution in [3.63, 3.8) is 0 Å². The molecule has 4 rings (SSSR count). The van der Waals surface area contributed by atoms with Gasteiger partial charge in [0.2, 0.25) is 5.91 Å². The molecule has 0 unspecified atom stereocenters. The minimum atomic E-state index is -0.0909. The molecule has 2 aliphatic heterocycles. The smallest absolute Gasteiger partial charge is 0.270 e. The second kappa shape index (κ2) is 9.82. The molecule has 1 fully saturated rings. The number of benzene rings is 2. The predicted molar refractivity (Wildman–Crippen MR) is 122 cm³/mol. The van der Waals surface area contributed by atoms with E-state index in [4.69, 9.17) is 9.47 Å². The maximum atomic E-state index is 13.1. The van der Waals surface area contributed by atoms with Crippen LogP contribution in [0.4, 0.5) is 5.69 Å². The molecule has 0 bridgehead atoms. The summed E-state index contributed by atoms with van der Waals surface area (Å²) in [6, 6.07) is 15.1. The summed E-state index contributed by atoms with van der Waals surface area (Å²) in [5, 5.41) is 5.82. The summed E-state index contributed by atoms with van der Waals surface area (Å²) in [7, 11) is 1.63. The number of methoxy groups -OCH3 is 1. The first kappa shape index (κ1) is 21.8. The number of carbonyl (C=O) groups excluding carboxylic acids is 2. The monoisotopic (exact) mass is 436 g/mol.